The fourth-order valence-corrected chi connectivity index (χ4v) is 2.79. The number of aliphatic hydroxyl groups is 1. The summed E-state index contributed by atoms with van der Waals surface area (Å²) in [6.07, 6.45) is -6.73. The Labute approximate surface area is 91.8 Å². The second-order valence-electron chi connectivity index (χ2n) is 4.40. The summed E-state index contributed by atoms with van der Waals surface area (Å²) in [5, 5.41) is 8.93. The van der Waals surface area contributed by atoms with Crippen LogP contribution in [0.15, 0.2) is 0 Å². The van der Waals surface area contributed by atoms with Crippen LogP contribution >= 0.6 is 11.8 Å². The van der Waals surface area contributed by atoms with Crippen molar-refractivity contribution >= 4 is 11.8 Å². The van der Waals surface area contributed by atoms with Crippen molar-refractivity contribution in [2.45, 2.75) is 30.9 Å². The number of thioether (sulfide) groups is 1. The molecule has 1 saturated heterocycles. The van der Waals surface area contributed by atoms with Crippen LogP contribution in [0.2, 0.25) is 0 Å². The van der Waals surface area contributed by atoms with E-state index >= 15 is 0 Å². The second-order valence-corrected chi connectivity index (χ2v) is 6.20. The first kappa shape index (κ1) is 13.1. The van der Waals surface area contributed by atoms with Crippen LogP contribution in [-0.4, -0.2) is 52.4 Å². The van der Waals surface area contributed by atoms with Crippen LogP contribution in [0.1, 0.15) is 13.8 Å². The highest BCUT2D eigenvalue weighted by Gasteiger charge is 2.40. The number of hydrogen-bond donors (Lipinski definition) is 1. The molecule has 0 aromatic carbocycles. The summed E-state index contributed by atoms with van der Waals surface area (Å²) in [4.78, 5) is 1.68. The normalized spacial score (nSPS) is 25.2. The van der Waals surface area contributed by atoms with Gasteiger partial charge in [0.2, 0.25) is 0 Å². The quantitative estimate of drug-likeness (QED) is 0.799. The fourth-order valence-electron chi connectivity index (χ4n) is 1.62. The van der Waals surface area contributed by atoms with Gasteiger partial charge in [-0.3, -0.25) is 4.90 Å². The minimum atomic E-state index is -4.51. The van der Waals surface area contributed by atoms with E-state index < -0.39 is 12.3 Å². The summed E-state index contributed by atoms with van der Waals surface area (Å²) < 4.78 is 36.3. The molecule has 1 unspecified atom stereocenters. The Hall–Kier alpha value is 0.0600. The summed E-state index contributed by atoms with van der Waals surface area (Å²) in [7, 11) is 0. The zero-order chi connectivity index (χ0) is 11.7. The minimum Gasteiger partial charge on any atom is -0.382 e. The molecule has 0 bridgehead atoms. The van der Waals surface area contributed by atoms with E-state index in [1.54, 1.807) is 16.7 Å². The van der Waals surface area contributed by atoms with Gasteiger partial charge in [-0.1, -0.05) is 0 Å². The van der Waals surface area contributed by atoms with Crippen molar-refractivity contribution in [1.82, 2.24) is 4.90 Å². The Morgan fingerprint density at radius 3 is 2.53 bits per heavy atom. The molecule has 0 aromatic rings. The third kappa shape index (κ3) is 4.20. The van der Waals surface area contributed by atoms with E-state index in [0.717, 1.165) is 5.75 Å². The van der Waals surface area contributed by atoms with Crippen LogP contribution in [0.3, 0.4) is 0 Å². The van der Waals surface area contributed by atoms with E-state index in [0.29, 0.717) is 13.1 Å². The average Bonchev–Trinajstić information content (AvgIpc) is 2.00. The standard InChI is InChI=1S/C9H16F3NOS/c1-8(2)6-13(3-4-15-8)5-7(14)9(10,11)12/h7,14H,3-6H2,1-2H3. The van der Waals surface area contributed by atoms with Crippen molar-refractivity contribution in [3.05, 3.63) is 0 Å². The molecule has 1 fully saturated rings. The van der Waals surface area contributed by atoms with Crippen molar-refractivity contribution < 1.29 is 18.3 Å². The second kappa shape index (κ2) is 4.51. The lowest BCUT2D eigenvalue weighted by atomic mass is 10.1. The van der Waals surface area contributed by atoms with Crippen LogP contribution in [0.25, 0.3) is 0 Å². The van der Waals surface area contributed by atoms with Gasteiger partial charge in [-0.25, -0.2) is 0 Å². The first-order valence-electron chi connectivity index (χ1n) is 4.82. The smallest absolute Gasteiger partial charge is 0.382 e. The van der Waals surface area contributed by atoms with E-state index in [-0.39, 0.29) is 11.3 Å². The van der Waals surface area contributed by atoms with Crippen molar-refractivity contribution in [3.63, 3.8) is 0 Å². The first-order chi connectivity index (χ1) is 6.71. The Kier molecular flexibility index (Phi) is 3.95. The SMILES string of the molecule is CC1(C)CN(CC(O)C(F)(F)F)CCS1. The molecule has 1 atom stereocenters. The van der Waals surface area contributed by atoms with Gasteiger partial charge >= 0.3 is 6.18 Å². The van der Waals surface area contributed by atoms with Crippen molar-refractivity contribution in [2.75, 3.05) is 25.4 Å². The molecular formula is C9H16F3NOS. The average molecular weight is 243 g/mol. The summed E-state index contributed by atoms with van der Waals surface area (Å²) in [5.41, 5.74) is 0. The molecule has 0 amide bonds. The number of hydrogen-bond acceptors (Lipinski definition) is 3. The van der Waals surface area contributed by atoms with Crippen LogP contribution < -0.4 is 0 Å². The molecule has 0 aromatic heterocycles. The lowest BCUT2D eigenvalue weighted by Gasteiger charge is -2.38. The molecule has 6 heteroatoms. The van der Waals surface area contributed by atoms with E-state index in [2.05, 4.69) is 0 Å². The molecule has 1 aliphatic heterocycles. The molecule has 1 heterocycles. The Balaban J connectivity index is 2.45. The Bertz CT molecular complexity index is 220. The molecule has 1 aliphatic rings. The van der Waals surface area contributed by atoms with E-state index in [9.17, 15) is 13.2 Å². The van der Waals surface area contributed by atoms with Crippen molar-refractivity contribution in [1.29, 1.82) is 0 Å². The minimum absolute atomic E-state index is 0.0242. The molecule has 15 heavy (non-hydrogen) atoms. The Morgan fingerprint density at radius 1 is 1.47 bits per heavy atom. The number of nitrogens with zero attached hydrogens (tertiary/aromatic N) is 1. The molecule has 2 nitrogen and oxygen atoms in total. The zero-order valence-electron chi connectivity index (χ0n) is 8.84. The fraction of sp³-hybridized carbons (Fsp3) is 1.00. The third-order valence-corrected chi connectivity index (χ3v) is 3.61. The summed E-state index contributed by atoms with van der Waals surface area (Å²) in [5.74, 6) is 0.817. The number of aliphatic hydroxyl groups excluding tert-OH is 1. The predicted octanol–water partition coefficient (Wildman–Crippen LogP) is 1.74. The maximum atomic E-state index is 12.1. The van der Waals surface area contributed by atoms with Gasteiger partial charge in [0.15, 0.2) is 6.10 Å². The molecule has 90 valence electrons. The Morgan fingerprint density at radius 2 is 2.07 bits per heavy atom. The maximum absolute atomic E-state index is 12.1. The number of β-amino-alcohol motifs (C(OH)–C–C–N with tert-alkyl or cyclic N) is 1. The number of rotatable bonds is 2. The lowest BCUT2D eigenvalue weighted by molar-refractivity contribution is -0.208. The van der Waals surface area contributed by atoms with E-state index in [1.807, 2.05) is 13.8 Å². The van der Waals surface area contributed by atoms with Gasteiger partial charge in [-0.15, -0.1) is 0 Å². The van der Waals surface area contributed by atoms with Crippen LogP contribution in [-0.2, 0) is 0 Å². The molecule has 1 rings (SSSR count). The van der Waals surface area contributed by atoms with Gasteiger partial charge < -0.3 is 5.11 Å². The van der Waals surface area contributed by atoms with Gasteiger partial charge in [0.25, 0.3) is 0 Å². The third-order valence-electron chi connectivity index (χ3n) is 2.31. The van der Waals surface area contributed by atoms with Gasteiger partial charge in [0.05, 0.1) is 0 Å². The topological polar surface area (TPSA) is 23.5 Å². The molecule has 1 N–H and O–H groups in total. The monoisotopic (exact) mass is 243 g/mol. The number of halogens is 3. The summed E-state index contributed by atoms with van der Waals surface area (Å²) in [6, 6.07) is 0. The summed E-state index contributed by atoms with van der Waals surface area (Å²) in [6.45, 7) is 4.90. The van der Waals surface area contributed by atoms with Crippen molar-refractivity contribution in [2.24, 2.45) is 0 Å². The highest BCUT2D eigenvalue weighted by atomic mass is 32.2. The van der Waals surface area contributed by atoms with Crippen molar-refractivity contribution in [3.8, 4) is 0 Å². The summed E-state index contributed by atoms with van der Waals surface area (Å²) >= 11 is 1.75. The lowest BCUT2D eigenvalue weighted by Crippen LogP contribution is -2.49. The van der Waals surface area contributed by atoms with Gasteiger partial charge in [0.1, 0.15) is 0 Å². The molecule has 0 saturated carbocycles. The maximum Gasteiger partial charge on any atom is 0.415 e. The molecule has 0 aliphatic carbocycles. The van der Waals surface area contributed by atoms with E-state index in [4.69, 9.17) is 5.11 Å². The molecular weight excluding hydrogens is 227 g/mol. The van der Waals surface area contributed by atoms with Crippen LogP contribution in [0.5, 0.6) is 0 Å². The van der Waals surface area contributed by atoms with Gasteiger partial charge in [-0.2, -0.15) is 24.9 Å². The highest BCUT2D eigenvalue weighted by molar-refractivity contribution is 8.00. The predicted molar refractivity (Wildman–Crippen MR) is 55.0 cm³/mol. The first-order valence-corrected chi connectivity index (χ1v) is 5.80. The van der Waals surface area contributed by atoms with Crippen LogP contribution in [0, 0.1) is 0 Å². The van der Waals surface area contributed by atoms with Gasteiger partial charge in [-0.05, 0) is 13.8 Å². The van der Waals surface area contributed by atoms with E-state index in [1.165, 1.54) is 0 Å². The zero-order valence-corrected chi connectivity index (χ0v) is 9.66. The largest absolute Gasteiger partial charge is 0.415 e. The van der Waals surface area contributed by atoms with Gasteiger partial charge in [0, 0.05) is 30.1 Å². The molecule has 0 radical (unpaired) electrons. The van der Waals surface area contributed by atoms with Crippen LogP contribution in [0.4, 0.5) is 13.2 Å². The molecule has 0 spiro atoms. The highest BCUT2D eigenvalue weighted by Crippen LogP contribution is 2.30. The number of alkyl halides is 3.